The monoisotopic (exact) mass is 252 g/mol. The van der Waals surface area contributed by atoms with E-state index in [1.54, 1.807) is 0 Å². The molecule has 1 aliphatic rings. The van der Waals surface area contributed by atoms with Crippen LogP contribution in [0.15, 0.2) is 0 Å². The van der Waals surface area contributed by atoms with Crippen molar-refractivity contribution < 1.29 is 8.42 Å². The Kier molecular flexibility index (Phi) is 5.96. The molecule has 6 heteroatoms. The average Bonchev–Trinajstić information content (AvgIpc) is 2.18. The smallest absolute Gasteiger partial charge is 0.211 e. The molecule has 0 aromatic carbocycles. The summed E-state index contributed by atoms with van der Waals surface area (Å²) in [4.78, 5) is 0. The highest BCUT2D eigenvalue weighted by molar-refractivity contribution is 7.99. The zero-order chi connectivity index (χ0) is 11.1. The van der Waals surface area contributed by atoms with E-state index >= 15 is 0 Å². The minimum Gasteiger partial charge on any atom is -0.330 e. The second kappa shape index (κ2) is 6.73. The van der Waals surface area contributed by atoms with Gasteiger partial charge in [0.05, 0.1) is 5.75 Å². The van der Waals surface area contributed by atoms with Crippen LogP contribution in [0.4, 0.5) is 0 Å². The second-order valence-electron chi connectivity index (χ2n) is 3.85. The van der Waals surface area contributed by atoms with Gasteiger partial charge in [0.25, 0.3) is 0 Å². The summed E-state index contributed by atoms with van der Waals surface area (Å²) in [5.41, 5.74) is 5.32. The second-order valence-corrected chi connectivity index (χ2v) is 6.87. The van der Waals surface area contributed by atoms with Crippen LogP contribution in [-0.2, 0) is 10.0 Å². The molecule has 1 aliphatic heterocycles. The Morgan fingerprint density at radius 2 is 2.20 bits per heavy atom. The molecule has 0 saturated carbocycles. The molecule has 1 unspecified atom stereocenters. The quantitative estimate of drug-likeness (QED) is 0.677. The Hall–Kier alpha value is 0.220. The van der Waals surface area contributed by atoms with Crippen LogP contribution in [0.2, 0.25) is 0 Å². The summed E-state index contributed by atoms with van der Waals surface area (Å²) >= 11 is 1.83. The van der Waals surface area contributed by atoms with Crippen LogP contribution in [0.3, 0.4) is 0 Å². The lowest BCUT2D eigenvalue weighted by Crippen LogP contribution is -2.39. The fraction of sp³-hybridized carbons (Fsp3) is 1.00. The Labute approximate surface area is 96.4 Å². The highest BCUT2D eigenvalue weighted by Crippen LogP contribution is 2.17. The molecule has 1 atom stereocenters. The summed E-state index contributed by atoms with van der Waals surface area (Å²) in [6.07, 6.45) is 3.52. The van der Waals surface area contributed by atoms with E-state index in [1.165, 1.54) is 0 Å². The van der Waals surface area contributed by atoms with Gasteiger partial charge in [0.1, 0.15) is 0 Å². The van der Waals surface area contributed by atoms with Gasteiger partial charge in [-0.25, -0.2) is 13.1 Å². The molecule has 0 aromatic heterocycles. The fourth-order valence-electron chi connectivity index (χ4n) is 1.58. The summed E-state index contributed by atoms with van der Waals surface area (Å²) in [5, 5.41) is 0. The van der Waals surface area contributed by atoms with Gasteiger partial charge in [0.15, 0.2) is 0 Å². The molecule has 1 fully saturated rings. The van der Waals surface area contributed by atoms with Gasteiger partial charge in [0, 0.05) is 11.8 Å². The molecule has 15 heavy (non-hydrogen) atoms. The Balaban J connectivity index is 2.27. The molecule has 4 nitrogen and oxygen atoms in total. The molecular formula is C9H20N2O2S2. The lowest BCUT2D eigenvalue weighted by Gasteiger charge is -2.22. The van der Waals surface area contributed by atoms with E-state index in [0.717, 1.165) is 30.8 Å². The third kappa shape index (κ3) is 5.75. The van der Waals surface area contributed by atoms with E-state index in [1.807, 2.05) is 11.8 Å². The van der Waals surface area contributed by atoms with Crippen molar-refractivity contribution in [3.63, 3.8) is 0 Å². The van der Waals surface area contributed by atoms with E-state index < -0.39 is 10.0 Å². The van der Waals surface area contributed by atoms with Crippen LogP contribution >= 0.6 is 11.8 Å². The molecule has 3 N–H and O–H groups in total. The van der Waals surface area contributed by atoms with Gasteiger partial charge in [-0.1, -0.05) is 0 Å². The Bertz CT molecular complexity index is 261. The molecule has 0 spiro atoms. The van der Waals surface area contributed by atoms with Gasteiger partial charge in [-0.3, -0.25) is 0 Å². The molecule has 90 valence electrons. The predicted molar refractivity (Wildman–Crippen MR) is 65.6 cm³/mol. The first-order valence-corrected chi connectivity index (χ1v) is 8.22. The van der Waals surface area contributed by atoms with Crippen LogP contribution in [0, 0.1) is 0 Å². The lowest BCUT2D eigenvalue weighted by molar-refractivity contribution is 0.540. The van der Waals surface area contributed by atoms with Crippen molar-refractivity contribution in [1.82, 2.24) is 4.72 Å². The van der Waals surface area contributed by atoms with E-state index in [-0.39, 0.29) is 11.8 Å². The van der Waals surface area contributed by atoms with Gasteiger partial charge >= 0.3 is 0 Å². The fourth-order valence-corrected chi connectivity index (χ4v) is 4.17. The number of sulfonamides is 1. The van der Waals surface area contributed by atoms with Gasteiger partial charge in [-0.05, 0) is 38.0 Å². The number of nitrogens with one attached hydrogen (secondary N) is 1. The van der Waals surface area contributed by atoms with Crippen molar-refractivity contribution in [2.45, 2.75) is 31.7 Å². The molecular weight excluding hydrogens is 232 g/mol. The van der Waals surface area contributed by atoms with Crippen LogP contribution in [0.1, 0.15) is 25.7 Å². The minimum atomic E-state index is -3.07. The number of thioether (sulfide) groups is 1. The molecule has 0 aromatic rings. The summed E-state index contributed by atoms with van der Waals surface area (Å²) in [6, 6.07) is 0.145. The number of hydrogen-bond acceptors (Lipinski definition) is 4. The molecule has 0 amide bonds. The zero-order valence-electron chi connectivity index (χ0n) is 8.94. The van der Waals surface area contributed by atoms with Gasteiger partial charge in [0.2, 0.25) is 10.0 Å². The summed E-state index contributed by atoms with van der Waals surface area (Å²) < 4.78 is 26.0. The van der Waals surface area contributed by atoms with Crippen molar-refractivity contribution in [3.8, 4) is 0 Å². The summed E-state index contributed by atoms with van der Waals surface area (Å²) in [7, 11) is -3.07. The van der Waals surface area contributed by atoms with Gasteiger partial charge in [-0.2, -0.15) is 11.8 Å². The van der Waals surface area contributed by atoms with E-state index in [2.05, 4.69) is 4.72 Å². The SMILES string of the molecule is NCCCCS(=O)(=O)NC1CCCSC1. The largest absolute Gasteiger partial charge is 0.330 e. The van der Waals surface area contributed by atoms with Crippen molar-refractivity contribution in [2.24, 2.45) is 5.73 Å². The van der Waals surface area contributed by atoms with Crippen molar-refractivity contribution in [1.29, 1.82) is 0 Å². The number of nitrogens with two attached hydrogens (primary N) is 1. The van der Waals surface area contributed by atoms with Crippen LogP contribution in [-0.4, -0.2) is 38.3 Å². The maximum atomic E-state index is 11.6. The zero-order valence-corrected chi connectivity index (χ0v) is 10.6. The predicted octanol–water partition coefficient (Wildman–Crippen LogP) is 0.540. The van der Waals surface area contributed by atoms with Gasteiger partial charge < -0.3 is 5.73 Å². The van der Waals surface area contributed by atoms with Crippen molar-refractivity contribution >= 4 is 21.8 Å². The minimum absolute atomic E-state index is 0.145. The Morgan fingerprint density at radius 1 is 1.40 bits per heavy atom. The lowest BCUT2D eigenvalue weighted by atomic mass is 10.2. The van der Waals surface area contributed by atoms with Crippen LogP contribution in [0.5, 0.6) is 0 Å². The van der Waals surface area contributed by atoms with Crippen molar-refractivity contribution in [3.05, 3.63) is 0 Å². The van der Waals surface area contributed by atoms with Crippen LogP contribution in [0.25, 0.3) is 0 Å². The molecule has 1 heterocycles. The molecule has 0 bridgehead atoms. The highest BCUT2D eigenvalue weighted by Gasteiger charge is 2.19. The first kappa shape index (κ1) is 13.3. The van der Waals surface area contributed by atoms with Crippen LogP contribution < -0.4 is 10.5 Å². The number of unbranched alkanes of at least 4 members (excludes halogenated alkanes) is 1. The molecule has 0 aliphatic carbocycles. The first-order chi connectivity index (χ1) is 7.14. The van der Waals surface area contributed by atoms with E-state index in [4.69, 9.17) is 5.73 Å². The number of hydrogen-bond donors (Lipinski definition) is 2. The third-order valence-corrected chi connectivity index (χ3v) is 5.11. The average molecular weight is 252 g/mol. The maximum Gasteiger partial charge on any atom is 0.211 e. The number of rotatable bonds is 6. The van der Waals surface area contributed by atoms with E-state index in [0.29, 0.717) is 13.0 Å². The highest BCUT2D eigenvalue weighted by atomic mass is 32.2. The molecule has 1 saturated heterocycles. The molecule has 1 rings (SSSR count). The van der Waals surface area contributed by atoms with Gasteiger partial charge in [-0.15, -0.1) is 0 Å². The van der Waals surface area contributed by atoms with E-state index in [9.17, 15) is 8.42 Å². The maximum absolute atomic E-state index is 11.6. The Morgan fingerprint density at radius 3 is 2.80 bits per heavy atom. The summed E-state index contributed by atoms with van der Waals surface area (Å²) in [6.45, 7) is 0.564. The standard InChI is InChI=1S/C9H20N2O2S2/c10-5-1-2-7-15(12,13)11-9-4-3-6-14-8-9/h9,11H,1-8,10H2. The van der Waals surface area contributed by atoms with Crippen molar-refractivity contribution in [2.75, 3.05) is 23.8 Å². The topological polar surface area (TPSA) is 72.2 Å². The first-order valence-electron chi connectivity index (χ1n) is 5.42. The molecule has 0 radical (unpaired) electrons. The third-order valence-electron chi connectivity index (χ3n) is 2.37. The summed E-state index contributed by atoms with van der Waals surface area (Å²) in [5.74, 6) is 2.28. The normalized spacial score (nSPS) is 22.9.